The van der Waals surface area contributed by atoms with Crippen LogP contribution in [0, 0.1) is 11.3 Å². The molecule has 18 heavy (non-hydrogen) atoms. The third-order valence-corrected chi connectivity index (χ3v) is 3.39. The Morgan fingerprint density at radius 3 is 2.56 bits per heavy atom. The topological polar surface area (TPSA) is 50.7 Å². The second kappa shape index (κ2) is 8.10. The number of aliphatic hydroxyl groups excluding tert-OH is 1. The van der Waals surface area contributed by atoms with Crippen molar-refractivity contribution in [2.45, 2.75) is 39.7 Å². The molecular weight excluding hydrogens is 230 g/mol. The van der Waals surface area contributed by atoms with Gasteiger partial charge < -0.3 is 19.9 Å². The average Bonchev–Trinajstić information content (AvgIpc) is 2.29. The van der Waals surface area contributed by atoms with E-state index in [4.69, 9.17) is 9.47 Å². The lowest BCUT2D eigenvalue weighted by atomic mass is 9.82. The molecule has 1 heterocycles. The Kier molecular flexibility index (Phi) is 7.15. The molecule has 0 aromatic rings. The molecule has 2 N–H and O–H groups in total. The molecule has 0 radical (unpaired) electrons. The summed E-state index contributed by atoms with van der Waals surface area (Å²) in [6, 6.07) is 0. The summed E-state index contributed by atoms with van der Waals surface area (Å²) in [5, 5.41) is 13.1. The molecule has 0 aliphatic carbocycles. The van der Waals surface area contributed by atoms with E-state index in [1.807, 2.05) is 0 Å². The van der Waals surface area contributed by atoms with E-state index in [1.165, 1.54) is 0 Å². The van der Waals surface area contributed by atoms with E-state index >= 15 is 0 Å². The number of ether oxygens (including phenoxy) is 2. The summed E-state index contributed by atoms with van der Waals surface area (Å²) in [5.74, 6) is 0.520. The van der Waals surface area contributed by atoms with Gasteiger partial charge in [0, 0.05) is 32.9 Å². The zero-order chi connectivity index (χ0) is 13.4. The van der Waals surface area contributed by atoms with Crippen LogP contribution in [-0.2, 0) is 9.47 Å². The Balaban J connectivity index is 2.05. The van der Waals surface area contributed by atoms with Gasteiger partial charge in [0.2, 0.25) is 0 Å². The van der Waals surface area contributed by atoms with Crippen molar-refractivity contribution in [1.82, 2.24) is 5.32 Å². The van der Waals surface area contributed by atoms with E-state index in [2.05, 4.69) is 26.1 Å². The lowest BCUT2D eigenvalue weighted by Crippen LogP contribution is -2.40. The van der Waals surface area contributed by atoms with Crippen molar-refractivity contribution in [3.8, 4) is 0 Å². The average molecular weight is 259 g/mol. The molecule has 0 bridgehead atoms. The van der Waals surface area contributed by atoms with Gasteiger partial charge in [-0.15, -0.1) is 0 Å². The van der Waals surface area contributed by atoms with Crippen molar-refractivity contribution in [2.24, 2.45) is 11.3 Å². The van der Waals surface area contributed by atoms with E-state index in [-0.39, 0.29) is 0 Å². The predicted octanol–water partition coefficient (Wildman–Crippen LogP) is 1.43. The maximum absolute atomic E-state index is 9.76. The second-order valence-corrected chi connectivity index (χ2v) is 6.14. The highest BCUT2D eigenvalue weighted by Gasteiger charge is 2.26. The molecule has 1 atom stereocenters. The Morgan fingerprint density at radius 1 is 1.28 bits per heavy atom. The molecule has 0 aromatic carbocycles. The van der Waals surface area contributed by atoms with Crippen molar-refractivity contribution in [1.29, 1.82) is 0 Å². The normalized spacial score (nSPS) is 21.2. The van der Waals surface area contributed by atoms with E-state index in [1.54, 1.807) is 0 Å². The van der Waals surface area contributed by atoms with Gasteiger partial charge in [0.25, 0.3) is 0 Å². The zero-order valence-electron chi connectivity index (χ0n) is 12.1. The maximum atomic E-state index is 9.76. The Hall–Kier alpha value is -0.160. The van der Waals surface area contributed by atoms with Gasteiger partial charge in [-0.2, -0.15) is 0 Å². The Morgan fingerprint density at radius 2 is 1.94 bits per heavy atom. The Bertz CT molecular complexity index is 215. The highest BCUT2D eigenvalue weighted by molar-refractivity contribution is 4.79. The van der Waals surface area contributed by atoms with Gasteiger partial charge in [-0.25, -0.2) is 0 Å². The van der Waals surface area contributed by atoms with Crippen LogP contribution in [0.25, 0.3) is 0 Å². The number of nitrogens with one attached hydrogen (secondary N) is 1. The highest BCUT2D eigenvalue weighted by atomic mass is 16.5. The van der Waals surface area contributed by atoms with E-state index in [9.17, 15) is 5.11 Å². The first-order valence-electron chi connectivity index (χ1n) is 7.06. The highest BCUT2D eigenvalue weighted by Crippen LogP contribution is 2.28. The largest absolute Gasteiger partial charge is 0.389 e. The number of rotatable bonds is 8. The van der Waals surface area contributed by atoms with Crippen LogP contribution >= 0.6 is 0 Å². The fourth-order valence-electron chi connectivity index (χ4n) is 2.08. The summed E-state index contributed by atoms with van der Waals surface area (Å²) in [4.78, 5) is 0. The summed E-state index contributed by atoms with van der Waals surface area (Å²) in [5.41, 5.74) is 0.316. The number of hydrogen-bond acceptors (Lipinski definition) is 4. The molecule has 1 saturated heterocycles. The van der Waals surface area contributed by atoms with Crippen LogP contribution in [0.3, 0.4) is 0 Å². The predicted molar refractivity (Wildman–Crippen MR) is 72.7 cm³/mol. The molecule has 108 valence electrons. The third-order valence-electron chi connectivity index (χ3n) is 3.39. The minimum Gasteiger partial charge on any atom is -0.389 e. The fourth-order valence-corrected chi connectivity index (χ4v) is 2.08. The van der Waals surface area contributed by atoms with Gasteiger partial charge >= 0.3 is 0 Å². The molecular formula is C14H29NO3. The number of aliphatic hydroxyl groups is 1. The summed E-state index contributed by atoms with van der Waals surface area (Å²) in [6.45, 7) is 10.9. The summed E-state index contributed by atoms with van der Waals surface area (Å²) in [7, 11) is 0. The quantitative estimate of drug-likeness (QED) is 0.692. The minimum atomic E-state index is -0.410. The second-order valence-electron chi connectivity index (χ2n) is 6.14. The van der Waals surface area contributed by atoms with Crippen molar-refractivity contribution < 1.29 is 14.6 Å². The van der Waals surface area contributed by atoms with Crippen molar-refractivity contribution in [3.63, 3.8) is 0 Å². The molecule has 1 rings (SSSR count). The van der Waals surface area contributed by atoms with Crippen molar-refractivity contribution in [2.75, 3.05) is 39.5 Å². The van der Waals surface area contributed by atoms with Gasteiger partial charge in [0.1, 0.15) is 0 Å². The van der Waals surface area contributed by atoms with Crippen LogP contribution in [0.4, 0.5) is 0 Å². The molecule has 1 fully saturated rings. The van der Waals surface area contributed by atoms with Crippen LogP contribution in [-0.4, -0.2) is 50.7 Å². The first kappa shape index (κ1) is 15.9. The summed E-state index contributed by atoms with van der Waals surface area (Å²) in [6.07, 6.45) is 1.78. The summed E-state index contributed by atoms with van der Waals surface area (Å²) < 4.78 is 10.8. The van der Waals surface area contributed by atoms with Gasteiger partial charge in [-0.05, 0) is 24.2 Å². The molecule has 1 aliphatic rings. The molecule has 4 nitrogen and oxygen atoms in total. The first-order chi connectivity index (χ1) is 8.52. The summed E-state index contributed by atoms with van der Waals surface area (Å²) >= 11 is 0. The fraction of sp³-hybridized carbons (Fsp3) is 1.00. The Labute approximate surface area is 111 Å². The zero-order valence-corrected chi connectivity index (χ0v) is 12.1. The number of hydrogen-bond donors (Lipinski definition) is 2. The SMILES string of the molecule is CC(C)COCC(O)CNCC1(C)CCOCC1. The van der Waals surface area contributed by atoms with Gasteiger partial charge in [-0.3, -0.25) is 0 Å². The first-order valence-corrected chi connectivity index (χ1v) is 7.06. The van der Waals surface area contributed by atoms with Crippen molar-refractivity contribution in [3.05, 3.63) is 0 Å². The molecule has 0 amide bonds. The maximum Gasteiger partial charge on any atom is 0.0897 e. The van der Waals surface area contributed by atoms with Crippen LogP contribution < -0.4 is 5.32 Å². The van der Waals surface area contributed by atoms with Crippen LogP contribution in [0.15, 0.2) is 0 Å². The van der Waals surface area contributed by atoms with Crippen LogP contribution in [0.2, 0.25) is 0 Å². The monoisotopic (exact) mass is 259 g/mol. The molecule has 0 aromatic heterocycles. The minimum absolute atomic E-state index is 0.316. The lowest BCUT2D eigenvalue weighted by Gasteiger charge is -2.34. The molecule has 1 unspecified atom stereocenters. The van der Waals surface area contributed by atoms with Gasteiger partial charge in [0.05, 0.1) is 12.7 Å². The van der Waals surface area contributed by atoms with E-state index < -0.39 is 6.10 Å². The smallest absolute Gasteiger partial charge is 0.0897 e. The molecule has 0 spiro atoms. The van der Waals surface area contributed by atoms with E-state index in [0.29, 0.717) is 31.1 Å². The van der Waals surface area contributed by atoms with Crippen LogP contribution in [0.1, 0.15) is 33.6 Å². The molecule has 1 aliphatic heterocycles. The lowest BCUT2D eigenvalue weighted by molar-refractivity contribution is 0.0129. The van der Waals surface area contributed by atoms with Crippen molar-refractivity contribution >= 4 is 0 Å². The third kappa shape index (κ3) is 6.69. The van der Waals surface area contributed by atoms with Gasteiger partial charge in [0.15, 0.2) is 0 Å². The molecule has 0 saturated carbocycles. The molecule has 4 heteroatoms. The van der Waals surface area contributed by atoms with Gasteiger partial charge in [-0.1, -0.05) is 20.8 Å². The standard InChI is InChI=1S/C14H29NO3/c1-12(2)9-18-10-13(16)8-15-11-14(3)4-6-17-7-5-14/h12-13,15-16H,4-11H2,1-3H3. The van der Waals surface area contributed by atoms with E-state index in [0.717, 1.165) is 32.6 Å². The van der Waals surface area contributed by atoms with Crippen LogP contribution in [0.5, 0.6) is 0 Å².